The maximum absolute atomic E-state index is 9.89. The summed E-state index contributed by atoms with van der Waals surface area (Å²) in [6, 6.07) is 8.04. The molecule has 0 fully saturated rings. The van der Waals surface area contributed by atoms with Crippen molar-refractivity contribution in [1.29, 1.82) is 5.26 Å². The molecular formula is C15H22N2OS. The van der Waals surface area contributed by atoms with Crippen LogP contribution in [0.4, 0.5) is 5.69 Å². The monoisotopic (exact) mass is 278 g/mol. The van der Waals surface area contributed by atoms with Gasteiger partial charge in [-0.1, -0.05) is 13.0 Å². The fourth-order valence-corrected chi connectivity index (χ4v) is 3.01. The molecule has 104 valence electrons. The smallest absolute Gasteiger partial charge is 0.0992 e. The Hall–Kier alpha value is -1.18. The van der Waals surface area contributed by atoms with E-state index in [1.165, 1.54) is 0 Å². The van der Waals surface area contributed by atoms with Crippen LogP contribution in [-0.2, 0) is 0 Å². The molecule has 1 aromatic carbocycles. The molecule has 0 spiro atoms. The topological polar surface area (TPSA) is 47.3 Å². The number of hydrogen-bond acceptors (Lipinski definition) is 4. The first kappa shape index (κ1) is 15.9. The number of rotatable bonds is 6. The molecule has 3 nitrogen and oxygen atoms in total. The number of thioether (sulfide) groups is 1. The van der Waals surface area contributed by atoms with E-state index in [0.29, 0.717) is 11.6 Å². The Morgan fingerprint density at radius 3 is 2.63 bits per heavy atom. The molecule has 4 heteroatoms. The van der Waals surface area contributed by atoms with Gasteiger partial charge >= 0.3 is 0 Å². The molecule has 2 atom stereocenters. The molecule has 0 aliphatic rings. The Bertz CT molecular complexity index is 454. The Morgan fingerprint density at radius 1 is 1.47 bits per heavy atom. The third kappa shape index (κ3) is 3.89. The Kier molecular flexibility index (Phi) is 6.20. The van der Waals surface area contributed by atoms with Crippen molar-refractivity contribution in [2.24, 2.45) is 0 Å². The van der Waals surface area contributed by atoms with E-state index in [-0.39, 0.29) is 0 Å². The summed E-state index contributed by atoms with van der Waals surface area (Å²) in [6.45, 7) is 3.92. The fourth-order valence-electron chi connectivity index (χ4n) is 2.16. The van der Waals surface area contributed by atoms with Crippen molar-refractivity contribution in [1.82, 2.24) is 0 Å². The zero-order valence-electron chi connectivity index (χ0n) is 12.1. The summed E-state index contributed by atoms with van der Waals surface area (Å²) in [5.74, 6) is 1.03. The summed E-state index contributed by atoms with van der Waals surface area (Å²) in [6.07, 6.45) is 2.60. The first-order chi connectivity index (χ1) is 9.04. The molecule has 19 heavy (non-hydrogen) atoms. The number of nitrogens with zero attached hydrogens (tertiary/aromatic N) is 2. The van der Waals surface area contributed by atoms with Gasteiger partial charge in [0.15, 0.2) is 0 Å². The van der Waals surface area contributed by atoms with E-state index in [0.717, 1.165) is 23.4 Å². The van der Waals surface area contributed by atoms with Gasteiger partial charge in [0.05, 0.1) is 17.7 Å². The van der Waals surface area contributed by atoms with Gasteiger partial charge in [0.1, 0.15) is 0 Å². The largest absolute Gasteiger partial charge is 0.389 e. The van der Waals surface area contributed by atoms with Gasteiger partial charge < -0.3 is 10.0 Å². The Balaban J connectivity index is 3.18. The second-order valence-corrected chi connectivity index (χ2v) is 5.60. The first-order valence-electron chi connectivity index (χ1n) is 6.49. The van der Waals surface area contributed by atoms with Gasteiger partial charge in [0.25, 0.3) is 0 Å². The standard InChI is InChI=1S/C15H22N2OS/c1-5-13(10-19-4)17(3)15-8-12(9-16)6-7-14(15)11(2)18/h6-8,11,13,18H,5,10H2,1-4H3. The van der Waals surface area contributed by atoms with Crippen molar-refractivity contribution in [3.05, 3.63) is 29.3 Å². The lowest BCUT2D eigenvalue weighted by Crippen LogP contribution is -2.34. The normalized spacial score (nSPS) is 13.7. The molecule has 0 amide bonds. The van der Waals surface area contributed by atoms with Gasteiger partial charge in [0, 0.05) is 30.1 Å². The number of nitriles is 1. The minimum absolute atomic E-state index is 0.404. The van der Waals surface area contributed by atoms with Crippen molar-refractivity contribution < 1.29 is 5.11 Å². The molecule has 0 saturated heterocycles. The van der Waals surface area contributed by atoms with E-state index in [1.807, 2.05) is 30.9 Å². The lowest BCUT2D eigenvalue weighted by atomic mass is 10.0. The zero-order valence-corrected chi connectivity index (χ0v) is 12.9. The average Bonchev–Trinajstić information content (AvgIpc) is 2.43. The fraction of sp³-hybridized carbons (Fsp3) is 0.533. The van der Waals surface area contributed by atoms with Crippen molar-refractivity contribution in [3.63, 3.8) is 0 Å². The predicted octanol–water partition coefficient (Wildman–Crippen LogP) is 3.19. The van der Waals surface area contributed by atoms with Gasteiger partial charge in [-0.3, -0.25) is 0 Å². The molecule has 0 aliphatic heterocycles. The third-order valence-corrected chi connectivity index (χ3v) is 4.09. The molecule has 0 bridgehead atoms. The maximum Gasteiger partial charge on any atom is 0.0992 e. The van der Waals surface area contributed by atoms with Crippen molar-refractivity contribution in [2.45, 2.75) is 32.4 Å². The van der Waals surface area contributed by atoms with Crippen LogP contribution in [0.2, 0.25) is 0 Å². The second kappa shape index (κ2) is 7.42. The minimum atomic E-state index is -0.531. The minimum Gasteiger partial charge on any atom is -0.389 e. The van der Waals surface area contributed by atoms with Crippen LogP contribution < -0.4 is 4.90 Å². The highest BCUT2D eigenvalue weighted by atomic mass is 32.2. The summed E-state index contributed by atoms with van der Waals surface area (Å²) in [4.78, 5) is 2.18. The highest BCUT2D eigenvalue weighted by molar-refractivity contribution is 7.98. The number of anilines is 1. The lowest BCUT2D eigenvalue weighted by Gasteiger charge is -2.31. The average molecular weight is 278 g/mol. The molecule has 0 aliphatic carbocycles. The summed E-state index contributed by atoms with van der Waals surface area (Å²) in [5, 5.41) is 18.9. The van der Waals surface area contributed by atoms with Crippen molar-refractivity contribution in [3.8, 4) is 6.07 Å². The van der Waals surface area contributed by atoms with Crippen molar-refractivity contribution in [2.75, 3.05) is 24.0 Å². The number of benzene rings is 1. The summed E-state index contributed by atoms with van der Waals surface area (Å²) < 4.78 is 0. The van der Waals surface area contributed by atoms with E-state index in [9.17, 15) is 5.11 Å². The molecule has 1 N–H and O–H groups in total. The second-order valence-electron chi connectivity index (χ2n) is 4.69. The van der Waals surface area contributed by atoms with Crippen LogP contribution >= 0.6 is 11.8 Å². The molecule has 1 aromatic rings. The van der Waals surface area contributed by atoms with Crippen LogP contribution in [0.5, 0.6) is 0 Å². The SMILES string of the molecule is CCC(CSC)N(C)c1cc(C#N)ccc1C(C)O. The van der Waals surface area contributed by atoms with Gasteiger partial charge in [0.2, 0.25) is 0 Å². The quantitative estimate of drug-likeness (QED) is 0.868. The van der Waals surface area contributed by atoms with Gasteiger partial charge in [-0.2, -0.15) is 17.0 Å². The number of aliphatic hydroxyl groups excluding tert-OH is 1. The van der Waals surface area contributed by atoms with Gasteiger partial charge in [-0.05, 0) is 31.7 Å². The van der Waals surface area contributed by atoms with E-state index in [4.69, 9.17) is 5.26 Å². The first-order valence-corrected chi connectivity index (χ1v) is 7.88. The molecule has 0 saturated carbocycles. The maximum atomic E-state index is 9.89. The van der Waals surface area contributed by atoms with Crippen LogP contribution in [0.1, 0.15) is 37.5 Å². The summed E-state index contributed by atoms with van der Waals surface area (Å²) in [5.41, 5.74) is 2.46. The zero-order chi connectivity index (χ0) is 14.4. The predicted molar refractivity (Wildman–Crippen MR) is 82.7 cm³/mol. The molecule has 0 radical (unpaired) electrons. The van der Waals surface area contributed by atoms with E-state index in [1.54, 1.807) is 13.0 Å². The van der Waals surface area contributed by atoms with E-state index in [2.05, 4.69) is 24.1 Å². The van der Waals surface area contributed by atoms with E-state index < -0.39 is 6.10 Å². The molecular weight excluding hydrogens is 256 g/mol. The number of aliphatic hydroxyl groups is 1. The van der Waals surface area contributed by atoms with E-state index >= 15 is 0 Å². The highest BCUT2D eigenvalue weighted by Crippen LogP contribution is 2.29. The molecule has 0 aromatic heterocycles. The van der Waals surface area contributed by atoms with Crippen molar-refractivity contribution >= 4 is 17.4 Å². The summed E-state index contributed by atoms with van der Waals surface area (Å²) in [7, 11) is 2.03. The Morgan fingerprint density at radius 2 is 2.16 bits per heavy atom. The van der Waals surface area contributed by atoms with Crippen LogP contribution in [0.25, 0.3) is 0 Å². The van der Waals surface area contributed by atoms with Crippen LogP contribution in [-0.4, -0.2) is 30.2 Å². The van der Waals surface area contributed by atoms with Crippen LogP contribution in [0.15, 0.2) is 18.2 Å². The number of hydrogen-bond donors (Lipinski definition) is 1. The van der Waals surface area contributed by atoms with Crippen LogP contribution in [0, 0.1) is 11.3 Å². The van der Waals surface area contributed by atoms with Gasteiger partial charge in [-0.15, -0.1) is 0 Å². The Labute approximate surface area is 120 Å². The molecule has 2 unspecified atom stereocenters. The summed E-state index contributed by atoms with van der Waals surface area (Å²) >= 11 is 1.81. The van der Waals surface area contributed by atoms with Crippen LogP contribution in [0.3, 0.4) is 0 Å². The lowest BCUT2D eigenvalue weighted by molar-refractivity contribution is 0.199. The highest BCUT2D eigenvalue weighted by Gasteiger charge is 2.18. The molecule has 0 heterocycles. The van der Waals surface area contributed by atoms with Gasteiger partial charge in [-0.25, -0.2) is 0 Å². The molecule has 1 rings (SSSR count). The third-order valence-electron chi connectivity index (χ3n) is 3.37.